The Labute approximate surface area is 167 Å². The Kier molecular flexibility index (Phi) is 5.88. The van der Waals surface area contributed by atoms with Crippen molar-refractivity contribution in [2.75, 3.05) is 17.8 Å². The molecule has 0 aliphatic heterocycles. The van der Waals surface area contributed by atoms with Gasteiger partial charge in [0.2, 0.25) is 11.1 Å². The third-order valence-electron chi connectivity index (χ3n) is 3.93. The number of thioether (sulfide) groups is 1. The molecule has 0 saturated carbocycles. The van der Waals surface area contributed by atoms with Crippen molar-refractivity contribution in [1.29, 1.82) is 0 Å². The third-order valence-corrected chi connectivity index (χ3v) is 4.99. The summed E-state index contributed by atoms with van der Waals surface area (Å²) < 4.78 is 8.36. The first kappa shape index (κ1) is 19.7. The van der Waals surface area contributed by atoms with Crippen LogP contribution in [0.25, 0.3) is 5.95 Å². The molecule has 0 saturated heterocycles. The fourth-order valence-corrected chi connectivity index (χ4v) is 3.35. The van der Waals surface area contributed by atoms with E-state index in [1.165, 1.54) is 16.4 Å². The van der Waals surface area contributed by atoms with Crippen LogP contribution in [-0.2, 0) is 4.79 Å². The standard InChI is InChI=1S/C18H23N7O2S/c1-5-27-15-8-6-14(7-9-15)20-16(26)13(4)28-18-22-21-17(24(18)19)25-12(3)10-11(2)23-25/h6-10,13H,5,19H2,1-4H3,(H,20,26)/t13-/m1/s1. The molecule has 0 spiro atoms. The van der Waals surface area contributed by atoms with E-state index in [2.05, 4.69) is 20.6 Å². The summed E-state index contributed by atoms with van der Waals surface area (Å²) in [7, 11) is 0. The Bertz CT molecular complexity index is 965. The van der Waals surface area contributed by atoms with Gasteiger partial charge in [-0.05, 0) is 58.0 Å². The van der Waals surface area contributed by atoms with Gasteiger partial charge in [0.05, 0.1) is 17.6 Å². The van der Waals surface area contributed by atoms with E-state index in [-0.39, 0.29) is 5.91 Å². The average Bonchev–Trinajstić information content (AvgIpc) is 3.18. The minimum absolute atomic E-state index is 0.162. The molecule has 0 fully saturated rings. The molecule has 148 valence electrons. The van der Waals surface area contributed by atoms with Gasteiger partial charge < -0.3 is 15.9 Å². The van der Waals surface area contributed by atoms with Gasteiger partial charge in [-0.15, -0.1) is 10.2 Å². The molecule has 0 unspecified atom stereocenters. The second kappa shape index (κ2) is 8.34. The number of carbonyl (C=O) groups is 1. The predicted octanol–water partition coefficient (Wildman–Crippen LogP) is 2.31. The van der Waals surface area contributed by atoms with Crippen LogP contribution in [0.4, 0.5) is 5.69 Å². The zero-order valence-corrected chi connectivity index (χ0v) is 17.0. The maximum Gasteiger partial charge on any atom is 0.271 e. The van der Waals surface area contributed by atoms with Gasteiger partial charge in [0.1, 0.15) is 5.75 Å². The molecule has 0 radical (unpaired) electrons. The van der Waals surface area contributed by atoms with E-state index in [0.717, 1.165) is 17.1 Å². The Morgan fingerprint density at radius 2 is 2.00 bits per heavy atom. The third kappa shape index (κ3) is 4.28. The number of aryl methyl sites for hydroxylation is 2. The van der Waals surface area contributed by atoms with Crippen molar-refractivity contribution < 1.29 is 9.53 Å². The number of aromatic nitrogens is 5. The van der Waals surface area contributed by atoms with Gasteiger partial charge in [-0.25, -0.2) is 9.36 Å². The number of rotatable bonds is 7. The zero-order chi connectivity index (χ0) is 20.3. The lowest BCUT2D eigenvalue weighted by atomic mass is 10.3. The summed E-state index contributed by atoms with van der Waals surface area (Å²) in [4.78, 5) is 12.5. The molecule has 1 aromatic carbocycles. The normalized spacial score (nSPS) is 12.0. The number of benzene rings is 1. The molecule has 3 N–H and O–H groups in total. The van der Waals surface area contributed by atoms with Crippen molar-refractivity contribution in [3.05, 3.63) is 41.7 Å². The Balaban J connectivity index is 1.66. The van der Waals surface area contributed by atoms with Crippen LogP contribution >= 0.6 is 11.8 Å². The molecule has 9 nitrogen and oxygen atoms in total. The lowest BCUT2D eigenvalue weighted by Gasteiger charge is -2.12. The SMILES string of the molecule is CCOc1ccc(NC(=O)[C@@H](C)Sc2nnc(-n3nc(C)cc3C)n2N)cc1. The van der Waals surface area contributed by atoms with Crippen LogP contribution in [0.5, 0.6) is 5.75 Å². The van der Waals surface area contributed by atoms with Crippen LogP contribution in [0.1, 0.15) is 25.2 Å². The van der Waals surface area contributed by atoms with Crippen molar-refractivity contribution in [2.45, 2.75) is 38.1 Å². The first-order valence-corrected chi connectivity index (χ1v) is 9.71. The lowest BCUT2D eigenvalue weighted by molar-refractivity contribution is -0.115. The minimum Gasteiger partial charge on any atom is -0.494 e. The molecule has 3 rings (SSSR count). The average molecular weight is 401 g/mol. The monoisotopic (exact) mass is 401 g/mol. The zero-order valence-electron chi connectivity index (χ0n) is 16.2. The number of anilines is 1. The number of nitrogens with one attached hydrogen (secondary N) is 1. The molecular weight excluding hydrogens is 378 g/mol. The molecule has 2 aromatic heterocycles. The smallest absolute Gasteiger partial charge is 0.271 e. The molecule has 0 aliphatic carbocycles. The first-order chi connectivity index (χ1) is 13.4. The highest BCUT2D eigenvalue weighted by molar-refractivity contribution is 8.00. The number of nitrogen functional groups attached to an aromatic ring is 1. The largest absolute Gasteiger partial charge is 0.494 e. The van der Waals surface area contributed by atoms with Gasteiger partial charge in [0, 0.05) is 11.4 Å². The van der Waals surface area contributed by atoms with Crippen LogP contribution in [0.2, 0.25) is 0 Å². The minimum atomic E-state index is -0.425. The van der Waals surface area contributed by atoms with E-state index in [1.807, 2.05) is 39.0 Å². The summed E-state index contributed by atoms with van der Waals surface area (Å²) in [5.41, 5.74) is 2.45. The molecule has 10 heteroatoms. The van der Waals surface area contributed by atoms with Crippen molar-refractivity contribution in [1.82, 2.24) is 24.7 Å². The number of ether oxygens (including phenoxy) is 1. The van der Waals surface area contributed by atoms with Gasteiger partial charge >= 0.3 is 0 Å². The number of carbonyl (C=O) groups excluding carboxylic acids is 1. The van der Waals surface area contributed by atoms with E-state index in [1.54, 1.807) is 23.7 Å². The Morgan fingerprint density at radius 1 is 1.29 bits per heavy atom. The summed E-state index contributed by atoms with van der Waals surface area (Å²) in [5.74, 6) is 7.12. The van der Waals surface area contributed by atoms with E-state index < -0.39 is 5.25 Å². The number of hydrogen-bond acceptors (Lipinski definition) is 7. The number of nitrogens with two attached hydrogens (primary N) is 1. The van der Waals surface area contributed by atoms with Crippen molar-refractivity contribution in [2.24, 2.45) is 0 Å². The number of nitrogens with zero attached hydrogens (tertiary/aromatic N) is 5. The molecule has 1 amide bonds. The van der Waals surface area contributed by atoms with Gasteiger partial charge in [0.25, 0.3) is 5.95 Å². The first-order valence-electron chi connectivity index (χ1n) is 8.83. The molecule has 28 heavy (non-hydrogen) atoms. The van der Waals surface area contributed by atoms with Crippen LogP contribution in [0.15, 0.2) is 35.5 Å². The molecule has 1 atom stereocenters. The molecule has 3 aromatic rings. The van der Waals surface area contributed by atoms with E-state index in [0.29, 0.717) is 23.4 Å². The van der Waals surface area contributed by atoms with Gasteiger partial charge in [0.15, 0.2) is 0 Å². The lowest BCUT2D eigenvalue weighted by Crippen LogP contribution is -2.24. The topological polar surface area (TPSA) is 113 Å². The van der Waals surface area contributed by atoms with Gasteiger partial charge in [-0.1, -0.05) is 11.8 Å². The van der Waals surface area contributed by atoms with E-state index >= 15 is 0 Å². The molecular formula is C18H23N7O2S. The molecule has 2 heterocycles. The Hall–Kier alpha value is -3.01. The highest BCUT2D eigenvalue weighted by atomic mass is 32.2. The maximum absolute atomic E-state index is 12.5. The van der Waals surface area contributed by atoms with Crippen molar-refractivity contribution >= 4 is 23.4 Å². The second-order valence-electron chi connectivity index (χ2n) is 6.20. The summed E-state index contributed by atoms with van der Waals surface area (Å²) >= 11 is 1.22. The maximum atomic E-state index is 12.5. The fraction of sp³-hybridized carbons (Fsp3) is 0.333. The summed E-state index contributed by atoms with van der Waals surface area (Å²) in [6.45, 7) is 8.11. The summed E-state index contributed by atoms with van der Waals surface area (Å²) in [5, 5.41) is 15.4. The predicted molar refractivity (Wildman–Crippen MR) is 108 cm³/mol. The van der Waals surface area contributed by atoms with Crippen molar-refractivity contribution in [3.63, 3.8) is 0 Å². The fourth-order valence-electron chi connectivity index (χ4n) is 2.58. The van der Waals surface area contributed by atoms with Crippen molar-refractivity contribution in [3.8, 4) is 11.7 Å². The van der Waals surface area contributed by atoms with E-state index in [9.17, 15) is 4.79 Å². The van der Waals surface area contributed by atoms with Gasteiger partial charge in [-0.2, -0.15) is 5.10 Å². The number of hydrogen-bond donors (Lipinski definition) is 2. The summed E-state index contributed by atoms with van der Waals surface area (Å²) in [6.07, 6.45) is 0. The van der Waals surface area contributed by atoms with Crippen LogP contribution in [0, 0.1) is 13.8 Å². The van der Waals surface area contributed by atoms with Crippen LogP contribution < -0.4 is 15.9 Å². The van der Waals surface area contributed by atoms with Gasteiger partial charge in [-0.3, -0.25) is 4.79 Å². The number of amides is 1. The second-order valence-corrected chi connectivity index (χ2v) is 7.51. The highest BCUT2D eigenvalue weighted by Crippen LogP contribution is 2.24. The Morgan fingerprint density at radius 3 is 2.61 bits per heavy atom. The molecule has 0 bridgehead atoms. The molecule has 0 aliphatic rings. The quantitative estimate of drug-likeness (QED) is 0.461. The van der Waals surface area contributed by atoms with E-state index in [4.69, 9.17) is 10.6 Å². The summed E-state index contributed by atoms with van der Waals surface area (Å²) in [6, 6.07) is 9.15. The highest BCUT2D eigenvalue weighted by Gasteiger charge is 2.21. The van der Waals surface area contributed by atoms with Crippen LogP contribution in [0.3, 0.4) is 0 Å². The van der Waals surface area contributed by atoms with Crippen LogP contribution in [-0.4, -0.2) is 42.4 Å².